The van der Waals surface area contributed by atoms with Crippen molar-refractivity contribution in [3.8, 4) is 11.1 Å². The first kappa shape index (κ1) is 38.5. The zero-order chi connectivity index (χ0) is 36.4. The highest BCUT2D eigenvalue weighted by molar-refractivity contribution is 5.95. The second-order valence-electron chi connectivity index (χ2n) is 14.5. The first-order valence-corrected chi connectivity index (χ1v) is 17.6. The van der Waals surface area contributed by atoms with Gasteiger partial charge in [-0.05, 0) is 94.4 Å². The number of hydrogen-bond acceptors (Lipinski definition) is 5. The molecule has 3 N–H and O–H groups in total. The minimum absolute atomic E-state index is 0.193. The molecule has 0 aromatic heterocycles. The summed E-state index contributed by atoms with van der Waals surface area (Å²) in [6.07, 6.45) is 5.54. The number of amides is 3. The molecule has 3 aromatic carbocycles. The first-order valence-electron chi connectivity index (χ1n) is 17.6. The van der Waals surface area contributed by atoms with E-state index in [4.69, 9.17) is 5.73 Å². The Morgan fingerprint density at radius 1 is 0.920 bits per heavy atom. The van der Waals surface area contributed by atoms with Crippen LogP contribution in [0.5, 0.6) is 0 Å². The zero-order valence-electron chi connectivity index (χ0n) is 30.5. The van der Waals surface area contributed by atoms with Gasteiger partial charge in [-0.15, -0.1) is 0 Å². The van der Waals surface area contributed by atoms with Crippen molar-refractivity contribution in [2.24, 2.45) is 5.73 Å². The molecule has 268 valence electrons. The van der Waals surface area contributed by atoms with Gasteiger partial charge in [-0.1, -0.05) is 72.3 Å². The fourth-order valence-electron chi connectivity index (χ4n) is 6.77. The number of likely N-dealkylation sites (N-methyl/N-ethyl adjacent to an activating group) is 2. The Kier molecular flexibility index (Phi) is 13.5. The molecule has 4 rings (SSSR count). The maximum atomic E-state index is 14.6. The van der Waals surface area contributed by atoms with Crippen molar-refractivity contribution >= 4 is 17.7 Å². The van der Waals surface area contributed by atoms with Gasteiger partial charge in [0, 0.05) is 51.1 Å². The standard InChI is InChI=1S/C41H54FN5O3/c1-29(28-41(2,3)43)25-38(48)46(5)37(27-30-14-18-33(19-15-30)32-11-8-7-9-12-32)40(50)47(6)36(26-31-16-20-34(42)21-17-31)39(49)44-23-22-35-13-10-24-45(35)4/h7-9,11-12,14-21,25,35-37H,10,13,22-24,26-28,43H2,1-6H3,(H,44,49)/t35?,36-,37-/m1/s1. The van der Waals surface area contributed by atoms with Crippen molar-refractivity contribution in [3.05, 3.63) is 107 Å². The molecule has 3 aromatic rings. The van der Waals surface area contributed by atoms with E-state index in [2.05, 4.69) is 17.3 Å². The quantitative estimate of drug-likeness (QED) is 0.203. The number of carbonyl (C=O) groups is 3. The van der Waals surface area contributed by atoms with E-state index in [1.807, 2.05) is 75.4 Å². The van der Waals surface area contributed by atoms with Gasteiger partial charge < -0.3 is 25.8 Å². The molecule has 8 nitrogen and oxygen atoms in total. The Bertz CT molecular complexity index is 1600. The van der Waals surface area contributed by atoms with E-state index in [1.165, 1.54) is 28.0 Å². The second kappa shape index (κ2) is 17.5. The normalized spacial score (nSPS) is 16.5. The lowest BCUT2D eigenvalue weighted by Crippen LogP contribution is -2.56. The molecule has 0 bridgehead atoms. The van der Waals surface area contributed by atoms with Crippen molar-refractivity contribution in [3.63, 3.8) is 0 Å². The van der Waals surface area contributed by atoms with Crippen LogP contribution in [-0.2, 0) is 27.2 Å². The van der Waals surface area contributed by atoms with Crippen molar-refractivity contribution in [1.29, 1.82) is 0 Å². The third-order valence-electron chi connectivity index (χ3n) is 9.60. The van der Waals surface area contributed by atoms with Gasteiger partial charge in [0.2, 0.25) is 17.7 Å². The summed E-state index contributed by atoms with van der Waals surface area (Å²) in [5.41, 5.74) is 10.2. The molecule has 0 radical (unpaired) electrons. The van der Waals surface area contributed by atoms with Gasteiger partial charge >= 0.3 is 0 Å². The average molecular weight is 684 g/mol. The molecule has 0 spiro atoms. The van der Waals surface area contributed by atoms with Crippen LogP contribution in [0, 0.1) is 5.82 Å². The van der Waals surface area contributed by atoms with Gasteiger partial charge in [-0.3, -0.25) is 14.4 Å². The van der Waals surface area contributed by atoms with E-state index in [0.717, 1.165) is 53.6 Å². The fourth-order valence-corrected chi connectivity index (χ4v) is 6.77. The number of benzene rings is 3. The molecule has 0 aliphatic carbocycles. The van der Waals surface area contributed by atoms with Gasteiger partial charge in [0.05, 0.1) is 0 Å². The van der Waals surface area contributed by atoms with Crippen LogP contribution in [0.1, 0.15) is 57.6 Å². The highest BCUT2D eigenvalue weighted by atomic mass is 19.1. The summed E-state index contributed by atoms with van der Waals surface area (Å²) >= 11 is 0. The molecule has 3 atom stereocenters. The van der Waals surface area contributed by atoms with Crippen LogP contribution in [0.3, 0.4) is 0 Å². The molecule has 0 saturated carbocycles. The first-order chi connectivity index (χ1) is 23.7. The highest BCUT2D eigenvalue weighted by Gasteiger charge is 2.35. The molecule has 1 aliphatic heterocycles. The van der Waals surface area contributed by atoms with E-state index in [0.29, 0.717) is 19.0 Å². The van der Waals surface area contributed by atoms with E-state index < -0.39 is 17.6 Å². The number of nitrogens with one attached hydrogen (secondary N) is 1. The fraction of sp³-hybridized carbons (Fsp3) is 0.439. The maximum absolute atomic E-state index is 14.6. The number of rotatable bonds is 15. The summed E-state index contributed by atoms with van der Waals surface area (Å²) in [6.45, 7) is 7.18. The van der Waals surface area contributed by atoms with Gasteiger partial charge in [0.1, 0.15) is 17.9 Å². The van der Waals surface area contributed by atoms with E-state index in [1.54, 1.807) is 26.2 Å². The summed E-state index contributed by atoms with van der Waals surface area (Å²) in [5, 5.41) is 3.07. The molecule has 1 unspecified atom stereocenters. The van der Waals surface area contributed by atoms with Gasteiger partial charge in [-0.2, -0.15) is 0 Å². The second-order valence-corrected chi connectivity index (χ2v) is 14.5. The Morgan fingerprint density at radius 3 is 2.08 bits per heavy atom. The number of nitrogens with two attached hydrogens (primary N) is 1. The molecular formula is C41H54FN5O3. The van der Waals surface area contributed by atoms with Gasteiger partial charge in [0.15, 0.2) is 0 Å². The number of likely N-dealkylation sites (tertiary alicyclic amines) is 1. The Morgan fingerprint density at radius 2 is 1.50 bits per heavy atom. The van der Waals surface area contributed by atoms with Crippen LogP contribution in [-0.4, -0.2) is 90.3 Å². The summed E-state index contributed by atoms with van der Waals surface area (Å²) in [4.78, 5) is 47.3. The smallest absolute Gasteiger partial charge is 0.246 e. The van der Waals surface area contributed by atoms with Gasteiger partial charge in [-0.25, -0.2) is 4.39 Å². The lowest BCUT2D eigenvalue weighted by molar-refractivity contribution is -0.146. The lowest BCUT2D eigenvalue weighted by Gasteiger charge is -2.34. The molecule has 3 amide bonds. The van der Waals surface area contributed by atoms with Crippen LogP contribution in [0.15, 0.2) is 90.5 Å². The van der Waals surface area contributed by atoms with E-state index in [-0.39, 0.29) is 36.4 Å². The lowest BCUT2D eigenvalue weighted by atomic mass is 9.96. The number of halogens is 1. The van der Waals surface area contributed by atoms with Crippen molar-refractivity contribution in [2.45, 2.75) is 83.0 Å². The van der Waals surface area contributed by atoms with Crippen molar-refractivity contribution in [1.82, 2.24) is 20.0 Å². The van der Waals surface area contributed by atoms with Crippen LogP contribution in [0.25, 0.3) is 11.1 Å². The molecule has 1 fully saturated rings. The zero-order valence-corrected chi connectivity index (χ0v) is 30.5. The summed E-state index contributed by atoms with van der Waals surface area (Å²) < 4.78 is 13.8. The molecule has 1 heterocycles. The van der Waals surface area contributed by atoms with Crippen LogP contribution >= 0.6 is 0 Å². The number of hydrogen-bond donors (Lipinski definition) is 2. The number of carbonyl (C=O) groups excluding carboxylic acids is 3. The minimum atomic E-state index is -0.902. The molecule has 9 heteroatoms. The summed E-state index contributed by atoms with van der Waals surface area (Å²) in [5.74, 6) is -1.35. The maximum Gasteiger partial charge on any atom is 0.246 e. The van der Waals surface area contributed by atoms with Crippen molar-refractivity contribution < 1.29 is 18.8 Å². The largest absolute Gasteiger partial charge is 0.354 e. The highest BCUT2D eigenvalue weighted by Crippen LogP contribution is 2.22. The average Bonchev–Trinajstić information content (AvgIpc) is 3.49. The van der Waals surface area contributed by atoms with E-state index >= 15 is 0 Å². The predicted octanol–water partition coefficient (Wildman–Crippen LogP) is 5.61. The predicted molar refractivity (Wildman–Crippen MR) is 199 cm³/mol. The van der Waals surface area contributed by atoms with Crippen molar-refractivity contribution in [2.75, 3.05) is 34.2 Å². The SMILES string of the molecule is CC(=CC(=O)N(C)[C@H](Cc1ccc(-c2ccccc2)cc1)C(=O)N(C)[C@H](Cc1ccc(F)cc1)C(=O)NCCC1CCCN1C)CC(C)(C)N. The molecule has 1 saturated heterocycles. The summed E-state index contributed by atoms with van der Waals surface area (Å²) in [7, 11) is 5.34. The van der Waals surface area contributed by atoms with E-state index in [9.17, 15) is 18.8 Å². The number of nitrogens with zero attached hydrogens (tertiary/aromatic N) is 3. The van der Waals surface area contributed by atoms with Crippen LogP contribution < -0.4 is 11.1 Å². The Labute approximate surface area is 297 Å². The monoisotopic (exact) mass is 683 g/mol. The molecule has 1 aliphatic rings. The van der Waals surface area contributed by atoms with Crippen LogP contribution in [0.2, 0.25) is 0 Å². The third-order valence-corrected chi connectivity index (χ3v) is 9.60. The van der Waals surface area contributed by atoms with Crippen LogP contribution in [0.4, 0.5) is 4.39 Å². The summed E-state index contributed by atoms with van der Waals surface area (Å²) in [6, 6.07) is 22.6. The van der Waals surface area contributed by atoms with Gasteiger partial charge in [0.25, 0.3) is 0 Å². The Balaban J connectivity index is 1.61. The topological polar surface area (TPSA) is 99.0 Å². The molecular weight excluding hydrogens is 629 g/mol. The minimum Gasteiger partial charge on any atom is -0.354 e. The Hall–Kier alpha value is -4.34. The third kappa shape index (κ3) is 11.1. The molecule has 50 heavy (non-hydrogen) atoms.